The van der Waals surface area contributed by atoms with E-state index in [1.54, 1.807) is 7.11 Å². The van der Waals surface area contributed by atoms with E-state index in [0.717, 1.165) is 45.1 Å². The number of methoxy groups -OCH3 is 1. The summed E-state index contributed by atoms with van der Waals surface area (Å²) in [4.78, 5) is 9.40. The zero-order valence-electron chi connectivity index (χ0n) is 12.8. The van der Waals surface area contributed by atoms with Crippen LogP contribution in [0.1, 0.15) is 12.5 Å². The normalized spacial score (nSPS) is 20.4. The first-order valence-corrected chi connectivity index (χ1v) is 7.31. The van der Waals surface area contributed by atoms with Crippen molar-refractivity contribution < 1.29 is 4.74 Å². The molecule has 1 aromatic heterocycles. The largest absolute Gasteiger partial charge is 0.383 e. The molecule has 0 spiro atoms. The molecule has 1 fully saturated rings. The molecule has 5 nitrogen and oxygen atoms in total. The second-order valence-electron chi connectivity index (χ2n) is 5.43. The number of nitrogens with one attached hydrogen (secondary N) is 1. The predicted octanol–water partition coefficient (Wildman–Crippen LogP) is 0.958. The minimum absolute atomic E-state index is 0.569. The van der Waals surface area contributed by atoms with E-state index in [9.17, 15) is 0 Å². The van der Waals surface area contributed by atoms with Crippen molar-refractivity contribution >= 4 is 5.82 Å². The van der Waals surface area contributed by atoms with Gasteiger partial charge in [0.15, 0.2) is 0 Å². The monoisotopic (exact) mass is 278 g/mol. The van der Waals surface area contributed by atoms with E-state index >= 15 is 0 Å². The number of rotatable bonds is 6. The lowest BCUT2D eigenvalue weighted by molar-refractivity contribution is 0.199. The van der Waals surface area contributed by atoms with Crippen LogP contribution in [-0.2, 0) is 11.3 Å². The molecule has 0 amide bonds. The summed E-state index contributed by atoms with van der Waals surface area (Å²) in [6, 6.07) is 4.74. The van der Waals surface area contributed by atoms with Crippen molar-refractivity contribution in [3.8, 4) is 0 Å². The highest BCUT2D eigenvalue weighted by Gasteiger charge is 2.22. The molecule has 2 rings (SSSR count). The van der Waals surface area contributed by atoms with Crippen LogP contribution in [0.25, 0.3) is 0 Å². The first-order valence-electron chi connectivity index (χ1n) is 7.31. The molecule has 2 heterocycles. The van der Waals surface area contributed by atoms with Gasteiger partial charge in [-0.05, 0) is 20.0 Å². The maximum atomic E-state index is 5.06. The van der Waals surface area contributed by atoms with Gasteiger partial charge in [0.25, 0.3) is 0 Å². The molecule has 0 aromatic carbocycles. The Hall–Kier alpha value is -1.17. The number of piperazine rings is 1. The molecule has 0 bridgehead atoms. The van der Waals surface area contributed by atoms with Crippen LogP contribution < -0.4 is 10.2 Å². The third-order valence-corrected chi connectivity index (χ3v) is 3.93. The number of ether oxygens (including phenoxy) is 1. The highest BCUT2D eigenvalue weighted by molar-refractivity contribution is 5.47. The third-order valence-electron chi connectivity index (χ3n) is 3.93. The smallest absolute Gasteiger partial charge is 0.133 e. The Balaban J connectivity index is 2.00. The summed E-state index contributed by atoms with van der Waals surface area (Å²) in [5, 5.41) is 3.40. The second-order valence-corrected chi connectivity index (χ2v) is 5.43. The standard InChI is InChI=1S/C15H26N4O/c1-13-12-19(9-8-18(13)2)15-14(5-4-6-17-15)11-16-7-10-20-3/h4-6,13,16H,7-12H2,1-3H3. The fourth-order valence-corrected chi connectivity index (χ4v) is 2.49. The highest BCUT2D eigenvalue weighted by Crippen LogP contribution is 2.20. The maximum absolute atomic E-state index is 5.06. The highest BCUT2D eigenvalue weighted by atomic mass is 16.5. The fraction of sp³-hybridized carbons (Fsp3) is 0.667. The SMILES string of the molecule is COCCNCc1cccnc1N1CCN(C)C(C)C1. The van der Waals surface area contributed by atoms with Gasteiger partial charge in [0.05, 0.1) is 6.61 Å². The Labute approximate surface area is 121 Å². The number of hydrogen-bond acceptors (Lipinski definition) is 5. The summed E-state index contributed by atoms with van der Waals surface area (Å²) in [6.07, 6.45) is 1.89. The van der Waals surface area contributed by atoms with Crippen molar-refractivity contribution in [3.05, 3.63) is 23.9 Å². The fourth-order valence-electron chi connectivity index (χ4n) is 2.49. The Kier molecular flexibility index (Phi) is 5.76. The van der Waals surface area contributed by atoms with E-state index < -0.39 is 0 Å². The van der Waals surface area contributed by atoms with Crippen molar-refractivity contribution in [1.82, 2.24) is 15.2 Å². The lowest BCUT2D eigenvalue weighted by atomic mass is 10.1. The zero-order chi connectivity index (χ0) is 14.4. The molecule has 0 aliphatic carbocycles. The molecule has 0 radical (unpaired) electrons. The first kappa shape index (κ1) is 15.2. The summed E-state index contributed by atoms with van der Waals surface area (Å²) in [6.45, 7) is 7.89. The molecule has 20 heavy (non-hydrogen) atoms. The van der Waals surface area contributed by atoms with Crippen LogP contribution in [0.4, 0.5) is 5.82 Å². The summed E-state index contributed by atoms with van der Waals surface area (Å²) in [5.41, 5.74) is 1.26. The Morgan fingerprint density at radius 1 is 1.45 bits per heavy atom. The van der Waals surface area contributed by atoms with Crippen LogP contribution in [0.2, 0.25) is 0 Å². The molecule has 1 atom stereocenters. The minimum atomic E-state index is 0.569. The maximum Gasteiger partial charge on any atom is 0.133 e. The lowest BCUT2D eigenvalue weighted by Crippen LogP contribution is -2.50. The van der Waals surface area contributed by atoms with Gasteiger partial charge < -0.3 is 19.9 Å². The average molecular weight is 278 g/mol. The molecule has 5 heteroatoms. The van der Waals surface area contributed by atoms with E-state index in [1.165, 1.54) is 5.56 Å². The van der Waals surface area contributed by atoms with Gasteiger partial charge in [-0.3, -0.25) is 0 Å². The molecule has 1 N–H and O–H groups in total. The predicted molar refractivity (Wildman–Crippen MR) is 82.1 cm³/mol. The van der Waals surface area contributed by atoms with Crippen molar-refractivity contribution in [2.75, 3.05) is 51.8 Å². The summed E-state index contributed by atoms with van der Waals surface area (Å²) in [5.74, 6) is 1.12. The van der Waals surface area contributed by atoms with Crippen molar-refractivity contribution in [2.45, 2.75) is 19.5 Å². The van der Waals surface area contributed by atoms with Gasteiger partial charge in [0.1, 0.15) is 5.82 Å². The van der Waals surface area contributed by atoms with Crippen molar-refractivity contribution in [3.63, 3.8) is 0 Å². The summed E-state index contributed by atoms with van der Waals surface area (Å²) >= 11 is 0. The van der Waals surface area contributed by atoms with Gasteiger partial charge >= 0.3 is 0 Å². The van der Waals surface area contributed by atoms with Gasteiger partial charge in [-0.25, -0.2) is 4.98 Å². The van der Waals surface area contributed by atoms with Crippen LogP contribution in [0.15, 0.2) is 18.3 Å². The van der Waals surface area contributed by atoms with Gasteiger partial charge in [0, 0.05) is 57.6 Å². The van der Waals surface area contributed by atoms with Gasteiger partial charge in [-0.15, -0.1) is 0 Å². The molecule has 1 aromatic rings. The number of anilines is 1. The number of likely N-dealkylation sites (N-methyl/N-ethyl adjacent to an activating group) is 1. The van der Waals surface area contributed by atoms with Crippen LogP contribution in [-0.4, -0.2) is 62.9 Å². The number of hydrogen-bond donors (Lipinski definition) is 1. The molecule has 0 saturated carbocycles. The van der Waals surface area contributed by atoms with E-state index in [1.807, 2.05) is 12.3 Å². The zero-order valence-corrected chi connectivity index (χ0v) is 12.8. The average Bonchev–Trinajstić information content (AvgIpc) is 2.47. The third kappa shape index (κ3) is 3.91. The van der Waals surface area contributed by atoms with Gasteiger partial charge in [0.2, 0.25) is 0 Å². The molecule has 112 valence electrons. The topological polar surface area (TPSA) is 40.6 Å². The summed E-state index contributed by atoms with van der Waals surface area (Å²) in [7, 11) is 3.91. The molecule has 1 aliphatic rings. The number of aromatic nitrogens is 1. The van der Waals surface area contributed by atoms with E-state index in [0.29, 0.717) is 6.04 Å². The molecule has 1 saturated heterocycles. The summed E-state index contributed by atoms with van der Waals surface area (Å²) < 4.78 is 5.06. The van der Waals surface area contributed by atoms with Gasteiger partial charge in [-0.1, -0.05) is 6.07 Å². The van der Waals surface area contributed by atoms with Crippen LogP contribution in [0.3, 0.4) is 0 Å². The first-order chi connectivity index (χ1) is 9.72. The van der Waals surface area contributed by atoms with Crippen LogP contribution in [0, 0.1) is 0 Å². The Bertz CT molecular complexity index is 413. The second kappa shape index (κ2) is 7.57. The number of nitrogens with zero attached hydrogens (tertiary/aromatic N) is 3. The molecule has 1 aliphatic heterocycles. The van der Waals surface area contributed by atoms with Crippen molar-refractivity contribution in [1.29, 1.82) is 0 Å². The van der Waals surface area contributed by atoms with Crippen LogP contribution in [0.5, 0.6) is 0 Å². The van der Waals surface area contributed by atoms with E-state index in [4.69, 9.17) is 4.74 Å². The Morgan fingerprint density at radius 3 is 3.05 bits per heavy atom. The molecular weight excluding hydrogens is 252 g/mol. The van der Waals surface area contributed by atoms with E-state index in [-0.39, 0.29) is 0 Å². The van der Waals surface area contributed by atoms with Gasteiger partial charge in [-0.2, -0.15) is 0 Å². The number of pyridine rings is 1. The molecular formula is C15H26N4O. The minimum Gasteiger partial charge on any atom is -0.383 e. The quantitative estimate of drug-likeness (QED) is 0.785. The van der Waals surface area contributed by atoms with Crippen LogP contribution >= 0.6 is 0 Å². The van der Waals surface area contributed by atoms with Crippen molar-refractivity contribution in [2.24, 2.45) is 0 Å². The lowest BCUT2D eigenvalue weighted by Gasteiger charge is -2.39. The Morgan fingerprint density at radius 2 is 2.30 bits per heavy atom. The van der Waals surface area contributed by atoms with E-state index in [2.05, 4.69) is 40.1 Å². The molecule has 1 unspecified atom stereocenters.